The van der Waals surface area contributed by atoms with Crippen LogP contribution in [0.5, 0.6) is 0 Å². The first-order chi connectivity index (χ1) is 10.0. The molecule has 1 saturated heterocycles. The van der Waals surface area contributed by atoms with Gasteiger partial charge in [0, 0.05) is 13.1 Å². The molecule has 0 bridgehead atoms. The van der Waals surface area contributed by atoms with Crippen LogP contribution >= 0.6 is 0 Å². The molecule has 1 heterocycles. The van der Waals surface area contributed by atoms with Crippen molar-refractivity contribution in [3.63, 3.8) is 0 Å². The summed E-state index contributed by atoms with van der Waals surface area (Å²) >= 11 is 0. The molecule has 1 aliphatic heterocycles. The van der Waals surface area contributed by atoms with Gasteiger partial charge < -0.3 is 0 Å². The lowest BCUT2D eigenvalue weighted by atomic mass is 9.99. The van der Waals surface area contributed by atoms with E-state index in [9.17, 15) is 21.6 Å². The van der Waals surface area contributed by atoms with Crippen LogP contribution in [0.25, 0.3) is 0 Å². The zero-order valence-electron chi connectivity index (χ0n) is 12.9. The molecular weight excluding hydrogens is 315 g/mol. The largest absolute Gasteiger partial charge is 0.393 e. The van der Waals surface area contributed by atoms with Gasteiger partial charge in [-0.3, -0.25) is 0 Å². The van der Waals surface area contributed by atoms with E-state index >= 15 is 0 Å². The molecule has 2 rings (SSSR count). The van der Waals surface area contributed by atoms with E-state index in [4.69, 9.17) is 0 Å². The van der Waals surface area contributed by atoms with E-state index in [1.165, 1.54) is 0 Å². The Morgan fingerprint density at radius 3 is 2.18 bits per heavy atom. The van der Waals surface area contributed by atoms with E-state index < -0.39 is 28.7 Å². The number of aryl methyl sites for hydroxylation is 3. The maximum atomic E-state index is 12.9. The molecular formula is C15H20F3NO2S. The van der Waals surface area contributed by atoms with Gasteiger partial charge in [0.15, 0.2) is 0 Å². The summed E-state index contributed by atoms with van der Waals surface area (Å²) in [5.41, 5.74) is 2.08. The number of sulfonamides is 1. The number of hydrogen-bond donors (Lipinski definition) is 0. The van der Waals surface area contributed by atoms with Crippen LogP contribution in [0.2, 0.25) is 0 Å². The fraction of sp³-hybridized carbons (Fsp3) is 0.600. The first-order valence-electron chi connectivity index (χ1n) is 7.18. The lowest BCUT2D eigenvalue weighted by Gasteiger charge is -2.33. The molecule has 1 fully saturated rings. The predicted octanol–water partition coefficient (Wildman–Crippen LogP) is 3.57. The lowest BCUT2D eigenvalue weighted by Crippen LogP contribution is -2.44. The standard InChI is InChI=1S/C15H20F3NO2S/c1-10-7-11(2)14(12(3)8-10)22(20,21)19-6-4-5-13(9-19)15(16,17)18/h7-8,13H,4-6,9H2,1-3H3/t13-/m1/s1. The van der Waals surface area contributed by atoms with Crippen molar-refractivity contribution in [2.45, 2.75) is 44.7 Å². The molecule has 22 heavy (non-hydrogen) atoms. The quantitative estimate of drug-likeness (QED) is 0.828. The third-order valence-corrected chi connectivity index (χ3v) is 6.22. The molecule has 0 saturated carbocycles. The topological polar surface area (TPSA) is 37.4 Å². The van der Waals surface area contributed by atoms with E-state index in [1.54, 1.807) is 26.0 Å². The van der Waals surface area contributed by atoms with Crippen LogP contribution < -0.4 is 0 Å². The summed E-state index contributed by atoms with van der Waals surface area (Å²) in [6.45, 7) is 4.87. The average molecular weight is 335 g/mol. The van der Waals surface area contributed by atoms with Gasteiger partial charge in [0.05, 0.1) is 10.8 Å². The number of piperidine rings is 1. The number of benzene rings is 1. The third-order valence-electron chi connectivity index (χ3n) is 4.05. The van der Waals surface area contributed by atoms with E-state index in [-0.39, 0.29) is 24.3 Å². The second-order valence-corrected chi connectivity index (χ2v) is 7.85. The summed E-state index contributed by atoms with van der Waals surface area (Å²) in [6.07, 6.45) is -4.14. The molecule has 0 radical (unpaired) electrons. The Hall–Kier alpha value is -1.08. The minimum absolute atomic E-state index is 0.0125. The number of rotatable bonds is 2. The lowest BCUT2D eigenvalue weighted by molar-refractivity contribution is -0.182. The van der Waals surface area contributed by atoms with Crippen LogP contribution in [0.15, 0.2) is 17.0 Å². The summed E-state index contributed by atoms with van der Waals surface area (Å²) in [4.78, 5) is 0.140. The summed E-state index contributed by atoms with van der Waals surface area (Å²) in [5.74, 6) is -1.58. The highest BCUT2D eigenvalue weighted by Crippen LogP contribution is 2.36. The minimum Gasteiger partial charge on any atom is -0.207 e. The SMILES string of the molecule is Cc1cc(C)c(S(=O)(=O)N2CCC[C@@H](C(F)(F)F)C2)c(C)c1. The maximum Gasteiger partial charge on any atom is 0.393 e. The Morgan fingerprint density at radius 1 is 1.14 bits per heavy atom. The molecule has 0 aromatic heterocycles. The highest BCUT2D eigenvalue weighted by atomic mass is 32.2. The van der Waals surface area contributed by atoms with Crippen molar-refractivity contribution in [1.82, 2.24) is 4.31 Å². The number of hydrogen-bond acceptors (Lipinski definition) is 2. The molecule has 1 aromatic rings. The zero-order valence-corrected chi connectivity index (χ0v) is 13.7. The van der Waals surface area contributed by atoms with Crippen LogP contribution in [0.4, 0.5) is 13.2 Å². The second kappa shape index (κ2) is 5.85. The minimum atomic E-state index is -4.36. The summed E-state index contributed by atoms with van der Waals surface area (Å²) < 4.78 is 65.2. The van der Waals surface area contributed by atoms with Crippen LogP contribution in [-0.2, 0) is 10.0 Å². The Morgan fingerprint density at radius 2 is 1.68 bits per heavy atom. The van der Waals surface area contributed by atoms with Gasteiger partial charge >= 0.3 is 6.18 Å². The molecule has 0 amide bonds. The third kappa shape index (κ3) is 3.30. The highest BCUT2D eigenvalue weighted by molar-refractivity contribution is 7.89. The summed E-state index contributed by atoms with van der Waals surface area (Å²) in [5, 5.41) is 0. The van der Waals surface area contributed by atoms with Crippen LogP contribution in [0.1, 0.15) is 29.5 Å². The predicted molar refractivity (Wildman–Crippen MR) is 78.2 cm³/mol. The van der Waals surface area contributed by atoms with Crippen molar-refractivity contribution in [2.24, 2.45) is 5.92 Å². The van der Waals surface area contributed by atoms with Crippen molar-refractivity contribution >= 4 is 10.0 Å². The Labute approximate surface area is 129 Å². The van der Waals surface area contributed by atoms with Gasteiger partial charge in [-0.15, -0.1) is 0 Å². The zero-order chi connectivity index (χ0) is 16.7. The van der Waals surface area contributed by atoms with Crippen molar-refractivity contribution < 1.29 is 21.6 Å². The van der Waals surface area contributed by atoms with Crippen molar-refractivity contribution in [1.29, 1.82) is 0 Å². The molecule has 0 aliphatic carbocycles. The van der Waals surface area contributed by atoms with Crippen LogP contribution in [0.3, 0.4) is 0 Å². The fourth-order valence-corrected chi connectivity index (χ4v) is 5.07. The molecule has 0 unspecified atom stereocenters. The van der Waals surface area contributed by atoms with Gasteiger partial charge in [-0.25, -0.2) is 8.42 Å². The first kappa shape index (κ1) is 17.3. The fourth-order valence-electron chi connectivity index (χ4n) is 3.13. The molecule has 3 nitrogen and oxygen atoms in total. The molecule has 1 aromatic carbocycles. The molecule has 1 atom stereocenters. The Balaban J connectivity index is 2.39. The number of nitrogens with zero attached hydrogens (tertiary/aromatic N) is 1. The van der Waals surface area contributed by atoms with Crippen molar-refractivity contribution in [2.75, 3.05) is 13.1 Å². The average Bonchev–Trinajstić information content (AvgIpc) is 2.36. The highest BCUT2D eigenvalue weighted by Gasteiger charge is 2.44. The second-order valence-electron chi connectivity index (χ2n) is 5.97. The van der Waals surface area contributed by atoms with Crippen LogP contribution in [0, 0.1) is 26.7 Å². The van der Waals surface area contributed by atoms with Gasteiger partial charge in [0.2, 0.25) is 10.0 Å². The van der Waals surface area contributed by atoms with Gasteiger partial charge in [-0.1, -0.05) is 17.7 Å². The summed E-state index contributed by atoms with van der Waals surface area (Å²) in [7, 11) is -3.90. The van der Waals surface area contributed by atoms with Gasteiger partial charge in [0.1, 0.15) is 0 Å². The maximum absolute atomic E-state index is 12.9. The molecule has 124 valence electrons. The summed E-state index contributed by atoms with van der Waals surface area (Å²) in [6, 6.07) is 3.48. The molecule has 1 aliphatic rings. The van der Waals surface area contributed by atoms with Gasteiger partial charge in [0.25, 0.3) is 0 Å². The first-order valence-corrected chi connectivity index (χ1v) is 8.62. The van der Waals surface area contributed by atoms with Crippen LogP contribution in [-0.4, -0.2) is 32.0 Å². The molecule has 0 N–H and O–H groups in total. The number of alkyl halides is 3. The normalized spacial score (nSPS) is 21.1. The van der Waals surface area contributed by atoms with Gasteiger partial charge in [-0.2, -0.15) is 17.5 Å². The monoisotopic (exact) mass is 335 g/mol. The van der Waals surface area contributed by atoms with E-state index in [0.29, 0.717) is 11.1 Å². The van der Waals surface area contributed by atoms with Crippen molar-refractivity contribution in [3.05, 3.63) is 28.8 Å². The Kier molecular flexibility index (Phi) is 4.59. The van der Waals surface area contributed by atoms with Crippen molar-refractivity contribution in [3.8, 4) is 0 Å². The number of halogens is 3. The van der Waals surface area contributed by atoms with Gasteiger partial charge in [-0.05, 0) is 44.7 Å². The Bertz CT molecular complexity index is 645. The smallest absolute Gasteiger partial charge is 0.207 e. The van der Waals surface area contributed by atoms with E-state index in [2.05, 4.69) is 0 Å². The molecule has 7 heteroatoms. The van der Waals surface area contributed by atoms with E-state index in [1.807, 2.05) is 6.92 Å². The molecule has 0 spiro atoms. The van der Waals surface area contributed by atoms with E-state index in [0.717, 1.165) is 9.87 Å².